The van der Waals surface area contributed by atoms with Gasteiger partial charge in [0.25, 0.3) is 0 Å². The lowest BCUT2D eigenvalue weighted by Gasteiger charge is -2.18. The maximum absolute atomic E-state index is 9.47. The second-order valence-electron chi connectivity index (χ2n) is 9.26. The summed E-state index contributed by atoms with van der Waals surface area (Å²) in [6, 6.07) is -23.8. The van der Waals surface area contributed by atoms with Crippen molar-refractivity contribution in [2.45, 2.75) is 0 Å². The molecule has 200 valence electrons. The molecule has 0 fully saturated rings. The van der Waals surface area contributed by atoms with Crippen LogP contribution in [0, 0.1) is 0 Å². The van der Waals surface area contributed by atoms with Gasteiger partial charge in [-0.2, -0.15) is 0 Å². The Morgan fingerprint density at radius 2 is 0.744 bits per heavy atom. The molecule has 1 aromatic heterocycles. The third kappa shape index (κ3) is 3.58. The standard InChI is InChI=1S/C42H26O/c1-2-13-28(14-3-1)30-22-11-24-36-37-25-12-26-38(42(37)43-41(30)36)40-34-20-8-6-18-32(34)39(33-19-7-9-21-35(33)40)31-23-10-16-27-15-4-5-17-29(27)31/h1-26H/i1D,2D,3D,4D,5D,6D,7D,8D,9D,10D,11D,12D,13D,14D,15D,16D,17D,18D,19D,20D,21D,22D,23D,24D,25D,26D. The zero-order valence-electron chi connectivity index (χ0n) is 47.4. The van der Waals surface area contributed by atoms with Crippen molar-refractivity contribution in [2.24, 2.45) is 0 Å². The van der Waals surface area contributed by atoms with Crippen LogP contribution in [-0.2, 0) is 0 Å². The molecule has 0 unspecified atom stereocenters. The molecular formula is C42H26O. The topological polar surface area (TPSA) is 13.1 Å². The summed E-state index contributed by atoms with van der Waals surface area (Å²) in [5.41, 5.74) is -5.52. The van der Waals surface area contributed by atoms with Gasteiger partial charge in [-0.05, 0) is 49.0 Å². The van der Waals surface area contributed by atoms with E-state index in [0.717, 1.165) is 0 Å². The average Bonchev–Trinajstić information content (AvgIpc) is 3.72. The normalized spacial score (nSPS) is 20.2. The Labute approximate surface area is 285 Å². The van der Waals surface area contributed by atoms with Crippen LogP contribution in [0.2, 0.25) is 0 Å². The first-order valence-corrected chi connectivity index (χ1v) is 12.7. The molecule has 9 aromatic rings. The van der Waals surface area contributed by atoms with Gasteiger partial charge in [0.2, 0.25) is 0 Å². The van der Waals surface area contributed by atoms with E-state index in [1.54, 1.807) is 0 Å². The highest BCUT2D eigenvalue weighted by Crippen LogP contribution is 2.48. The number of para-hydroxylation sites is 2. The molecule has 0 radical (unpaired) electrons. The third-order valence-electron chi connectivity index (χ3n) is 7.05. The summed E-state index contributed by atoms with van der Waals surface area (Å²) in [6.45, 7) is 0. The van der Waals surface area contributed by atoms with Gasteiger partial charge in [0.15, 0.2) is 0 Å². The molecule has 0 saturated carbocycles. The minimum Gasteiger partial charge on any atom is -0.455 e. The minimum absolute atomic E-state index is 0.542. The highest BCUT2D eigenvalue weighted by atomic mass is 16.3. The monoisotopic (exact) mass is 572 g/mol. The molecule has 0 N–H and O–H groups in total. The summed E-state index contributed by atoms with van der Waals surface area (Å²) < 4.78 is 238. The van der Waals surface area contributed by atoms with Crippen molar-refractivity contribution in [1.29, 1.82) is 0 Å². The van der Waals surface area contributed by atoms with Gasteiger partial charge in [0.1, 0.15) is 11.2 Å². The summed E-state index contributed by atoms with van der Waals surface area (Å²) >= 11 is 0. The summed E-state index contributed by atoms with van der Waals surface area (Å²) in [5, 5.41) is -5.20. The Balaban J connectivity index is 1.66. The van der Waals surface area contributed by atoms with Crippen LogP contribution in [-0.4, -0.2) is 0 Å². The predicted molar refractivity (Wildman–Crippen MR) is 183 cm³/mol. The van der Waals surface area contributed by atoms with Crippen LogP contribution in [0.3, 0.4) is 0 Å². The highest BCUT2D eigenvalue weighted by molar-refractivity contribution is 6.26. The van der Waals surface area contributed by atoms with Crippen molar-refractivity contribution in [2.75, 3.05) is 0 Å². The number of hydrogen-bond acceptors (Lipinski definition) is 1. The lowest BCUT2D eigenvalue weighted by atomic mass is 9.84. The molecule has 0 saturated heterocycles. The fraction of sp³-hybridized carbons (Fsp3) is 0. The molecule has 43 heavy (non-hydrogen) atoms. The quantitative estimate of drug-likeness (QED) is 0.192. The molecule has 1 heterocycles. The largest absolute Gasteiger partial charge is 0.455 e. The Bertz CT molecular complexity index is 3850. The van der Waals surface area contributed by atoms with Gasteiger partial charge in [-0.1, -0.05) is 157 Å². The minimum atomic E-state index is -0.984. The number of furan rings is 1. The van der Waals surface area contributed by atoms with Gasteiger partial charge in [-0.3, -0.25) is 0 Å². The lowest BCUT2D eigenvalue weighted by molar-refractivity contribution is 0.671. The van der Waals surface area contributed by atoms with Crippen LogP contribution in [0.1, 0.15) is 35.6 Å². The maximum Gasteiger partial charge on any atom is 0.143 e. The third-order valence-corrected chi connectivity index (χ3v) is 7.05. The second-order valence-corrected chi connectivity index (χ2v) is 9.26. The summed E-state index contributed by atoms with van der Waals surface area (Å²) in [4.78, 5) is 0. The van der Waals surface area contributed by atoms with Gasteiger partial charge in [0.05, 0.1) is 35.6 Å². The van der Waals surface area contributed by atoms with Crippen molar-refractivity contribution in [3.63, 3.8) is 0 Å². The Hall–Kier alpha value is -5.66. The fourth-order valence-corrected chi connectivity index (χ4v) is 5.30. The molecule has 1 nitrogen and oxygen atoms in total. The zero-order valence-corrected chi connectivity index (χ0v) is 21.4. The average molecular weight is 573 g/mol. The van der Waals surface area contributed by atoms with Crippen molar-refractivity contribution >= 4 is 54.3 Å². The Morgan fingerprint density at radius 1 is 0.326 bits per heavy atom. The summed E-state index contributed by atoms with van der Waals surface area (Å²) in [7, 11) is 0. The molecular weight excluding hydrogens is 520 g/mol. The van der Waals surface area contributed by atoms with Gasteiger partial charge in [-0.15, -0.1) is 0 Å². The van der Waals surface area contributed by atoms with E-state index >= 15 is 0 Å². The van der Waals surface area contributed by atoms with E-state index in [1.165, 1.54) is 0 Å². The highest BCUT2D eigenvalue weighted by Gasteiger charge is 2.21. The molecule has 0 aliphatic heterocycles. The molecule has 0 aliphatic carbocycles. The first-order valence-electron chi connectivity index (χ1n) is 25.7. The first kappa shape index (κ1) is 9.69. The smallest absolute Gasteiger partial charge is 0.143 e. The van der Waals surface area contributed by atoms with Gasteiger partial charge >= 0.3 is 0 Å². The van der Waals surface area contributed by atoms with E-state index in [4.69, 9.17) is 31.8 Å². The van der Waals surface area contributed by atoms with Crippen LogP contribution in [0.15, 0.2) is 162 Å². The van der Waals surface area contributed by atoms with Crippen LogP contribution in [0.5, 0.6) is 0 Å². The van der Waals surface area contributed by atoms with E-state index in [1.807, 2.05) is 0 Å². The van der Waals surface area contributed by atoms with Crippen LogP contribution in [0.4, 0.5) is 0 Å². The number of hydrogen-bond donors (Lipinski definition) is 0. The zero-order chi connectivity index (χ0) is 51.0. The van der Waals surface area contributed by atoms with Crippen molar-refractivity contribution in [1.82, 2.24) is 0 Å². The predicted octanol–water partition coefficient (Wildman–Crippen LogP) is 12.0. The lowest BCUT2D eigenvalue weighted by Crippen LogP contribution is -1.91. The number of benzene rings is 8. The van der Waals surface area contributed by atoms with Crippen LogP contribution >= 0.6 is 0 Å². The van der Waals surface area contributed by atoms with E-state index in [9.17, 15) is 8.22 Å². The van der Waals surface area contributed by atoms with Gasteiger partial charge in [0, 0.05) is 27.5 Å². The van der Waals surface area contributed by atoms with Crippen molar-refractivity contribution in [3.05, 3.63) is 157 Å². The SMILES string of the molecule is [2H]c1c([2H])c([2H])c(-c2c([2H])c([2H])c([2H])c3c2oc2c(-c4c5c([2H])c([2H])c([2H])c([2H])c5c(-c5c([2H])c([2H])c([2H])c6c([2H])c([2H])c([2H])c([2H])c56)c5c([2H])c([2H])c([2H])c([2H])c45)c([2H])c([2H])c([2H])c23)c([2H])c1[2H]. The van der Waals surface area contributed by atoms with E-state index in [0.29, 0.717) is 0 Å². The molecule has 0 aliphatic rings. The van der Waals surface area contributed by atoms with Crippen LogP contribution < -0.4 is 0 Å². The van der Waals surface area contributed by atoms with E-state index in [2.05, 4.69) is 0 Å². The first-order chi connectivity index (χ1) is 32.2. The summed E-state index contributed by atoms with van der Waals surface area (Å²) in [6.07, 6.45) is 0. The fourth-order valence-electron chi connectivity index (χ4n) is 5.30. The van der Waals surface area contributed by atoms with E-state index < -0.39 is 245 Å². The molecule has 0 bridgehead atoms. The Kier molecular flexibility index (Phi) is 2.13. The van der Waals surface area contributed by atoms with Gasteiger partial charge < -0.3 is 4.42 Å². The molecule has 0 atom stereocenters. The summed E-state index contributed by atoms with van der Waals surface area (Å²) in [5.74, 6) is 0. The van der Waals surface area contributed by atoms with Crippen molar-refractivity contribution < 1.29 is 40.1 Å². The number of fused-ring (bicyclic) bond motifs is 6. The van der Waals surface area contributed by atoms with Crippen molar-refractivity contribution in [3.8, 4) is 33.4 Å². The van der Waals surface area contributed by atoms with Crippen LogP contribution in [0.25, 0.3) is 87.6 Å². The molecule has 0 spiro atoms. The second kappa shape index (κ2) is 9.44. The molecule has 1 heteroatoms. The van der Waals surface area contributed by atoms with E-state index in [-0.39, 0.29) is 0 Å². The molecule has 9 rings (SSSR count). The van der Waals surface area contributed by atoms with Gasteiger partial charge in [-0.25, -0.2) is 0 Å². The molecule has 0 amide bonds. The maximum atomic E-state index is 9.47. The molecule has 8 aromatic carbocycles. The Morgan fingerprint density at radius 3 is 1.40 bits per heavy atom. The number of rotatable bonds is 3.